The van der Waals surface area contributed by atoms with Gasteiger partial charge in [0.05, 0.1) is 28.4 Å². The number of nitrogens with one attached hydrogen (secondary N) is 2. The number of aromatic amines is 1. The average Bonchev–Trinajstić information content (AvgIpc) is 3.38. The number of carbonyl (C=O) groups is 1. The third-order valence-corrected chi connectivity index (χ3v) is 9.51. The van der Waals surface area contributed by atoms with Crippen LogP contribution in [0.3, 0.4) is 0 Å². The lowest BCUT2D eigenvalue weighted by atomic mass is 9.79. The van der Waals surface area contributed by atoms with Gasteiger partial charge in [0.25, 0.3) is 0 Å². The normalized spacial score (nSPS) is 12.7. The number of H-pyrrole nitrogens is 1. The number of ether oxygens (including phenoxy) is 1. The zero-order valence-corrected chi connectivity index (χ0v) is 25.7. The molecule has 4 aromatic rings. The topological polar surface area (TPSA) is 121 Å². The number of aromatic nitrogens is 2. The number of imidazole rings is 1. The first kappa shape index (κ1) is 32.4. The second-order valence-electron chi connectivity index (χ2n) is 10.1. The first-order valence-corrected chi connectivity index (χ1v) is 15.5. The Balaban J connectivity index is 1.69. The number of carboxylic acids is 1. The molecule has 0 saturated carbocycles. The number of hydrogen-bond acceptors (Lipinski definition) is 6. The van der Waals surface area contributed by atoms with Crippen LogP contribution >= 0.6 is 23.4 Å². The summed E-state index contributed by atoms with van der Waals surface area (Å²) in [5.41, 5.74) is 1.41. The van der Waals surface area contributed by atoms with Gasteiger partial charge < -0.3 is 14.8 Å². The summed E-state index contributed by atoms with van der Waals surface area (Å²) in [6, 6.07) is 10.8. The zero-order valence-electron chi connectivity index (χ0n) is 23.3. The van der Waals surface area contributed by atoms with E-state index in [4.69, 9.17) is 21.4 Å². The highest BCUT2D eigenvalue weighted by molar-refractivity contribution is 7.98. The smallest absolute Gasteiger partial charge is 0.321 e. The summed E-state index contributed by atoms with van der Waals surface area (Å²) < 4.78 is 75.8. The van der Waals surface area contributed by atoms with Crippen molar-refractivity contribution in [3.63, 3.8) is 0 Å². The van der Waals surface area contributed by atoms with Crippen LogP contribution in [0.1, 0.15) is 37.6 Å². The van der Waals surface area contributed by atoms with Crippen LogP contribution in [0.15, 0.2) is 64.6 Å². The number of sulfonamides is 1. The predicted molar refractivity (Wildman–Crippen MR) is 157 cm³/mol. The third-order valence-electron chi connectivity index (χ3n) is 6.78. The number of aliphatic carboxylic acids is 1. The highest BCUT2D eigenvalue weighted by Crippen LogP contribution is 2.41. The Hall–Kier alpha value is -3.52. The van der Waals surface area contributed by atoms with E-state index in [1.165, 1.54) is 19.2 Å². The molecule has 0 amide bonds. The van der Waals surface area contributed by atoms with E-state index in [0.717, 1.165) is 24.2 Å². The zero-order chi connectivity index (χ0) is 31.7. The fourth-order valence-corrected chi connectivity index (χ4v) is 6.55. The lowest BCUT2D eigenvalue weighted by Gasteiger charge is -2.26. The predicted octanol–water partition coefficient (Wildman–Crippen LogP) is 6.53. The lowest BCUT2D eigenvalue weighted by Crippen LogP contribution is -2.38. The molecule has 0 fully saturated rings. The summed E-state index contributed by atoms with van der Waals surface area (Å²) in [6.45, 7) is 4.95. The van der Waals surface area contributed by atoms with Crippen molar-refractivity contribution in [3.05, 3.63) is 93.9 Å². The fourth-order valence-electron chi connectivity index (χ4n) is 4.25. The molecule has 0 aliphatic rings. The Morgan fingerprint density at radius 1 is 1.12 bits per heavy atom. The van der Waals surface area contributed by atoms with Crippen LogP contribution in [-0.4, -0.2) is 42.6 Å². The van der Waals surface area contributed by atoms with Crippen LogP contribution in [0.2, 0.25) is 5.02 Å². The average molecular weight is 654 g/mol. The molecule has 1 heterocycles. The Morgan fingerprint density at radius 3 is 2.33 bits per heavy atom. The minimum absolute atomic E-state index is 0.262. The summed E-state index contributed by atoms with van der Waals surface area (Å²) in [5, 5.41) is 9.69. The summed E-state index contributed by atoms with van der Waals surface area (Å²) in [4.78, 5) is 18.2. The molecular weight excluding hydrogens is 627 g/mol. The Bertz CT molecular complexity index is 1760. The molecule has 0 spiro atoms. The minimum Gasteiger partial charge on any atom is -0.495 e. The van der Waals surface area contributed by atoms with E-state index in [9.17, 15) is 26.4 Å². The second kappa shape index (κ2) is 12.6. The number of benzene rings is 3. The highest BCUT2D eigenvalue weighted by atomic mass is 35.5. The van der Waals surface area contributed by atoms with E-state index in [1.807, 2.05) is 24.6 Å². The van der Waals surface area contributed by atoms with Gasteiger partial charge in [-0.25, -0.2) is 26.6 Å². The monoisotopic (exact) mass is 653 g/mol. The van der Waals surface area contributed by atoms with Crippen molar-refractivity contribution in [1.29, 1.82) is 0 Å². The van der Waals surface area contributed by atoms with Gasteiger partial charge in [0.1, 0.15) is 29.2 Å². The molecule has 3 aromatic carbocycles. The molecule has 1 aromatic heterocycles. The molecule has 1 atom stereocenters. The molecule has 8 nitrogen and oxygen atoms in total. The van der Waals surface area contributed by atoms with Crippen molar-refractivity contribution < 1.29 is 36.2 Å². The molecule has 0 aliphatic heterocycles. The van der Waals surface area contributed by atoms with Gasteiger partial charge in [-0.15, -0.1) is 0 Å². The van der Waals surface area contributed by atoms with Gasteiger partial charge in [0.15, 0.2) is 5.16 Å². The van der Waals surface area contributed by atoms with Crippen LogP contribution in [-0.2, 0) is 26.0 Å². The maximum atomic E-state index is 15.0. The SMILES string of the molecule is COc1cc(C(C)(C)c2[nH]c(SCc3c(F)cc(S(=O)(=O)NC(C)C(=O)O)cc3F)nc2-c2ccc(F)cc2)ccc1Cl. The standard InChI is InChI=1S/C29H27ClF3N3O5S2/c1-15(27(37)38)36-43(39,40)19-12-22(32)20(23(33)13-19)14-42-28-34-25(16-5-8-18(31)9-6-16)26(35-28)29(2,3)17-7-10-21(30)24(11-17)41-4/h5-13,15,36H,14H2,1-4H3,(H,34,35)(H,37,38). The van der Waals surface area contributed by atoms with E-state index >= 15 is 0 Å². The van der Waals surface area contributed by atoms with Crippen molar-refractivity contribution in [3.8, 4) is 17.0 Å². The molecule has 3 N–H and O–H groups in total. The van der Waals surface area contributed by atoms with Gasteiger partial charge in [0, 0.05) is 22.3 Å². The lowest BCUT2D eigenvalue weighted by molar-refractivity contribution is -0.138. The van der Waals surface area contributed by atoms with Gasteiger partial charge in [-0.3, -0.25) is 4.79 Å². The number of hydrogen-bond donors (Lipinski definition) is 3. The molecule has 0 saturated heterocycles. The van der Waals surface area contributed by atoms with Crippen LogP contribution in [0.25, 0.3) is 11.3 Å². The number of methoxy groups -OCH3 is 1. The van der Waals surface area contributed by atoms with Gasteiger partial charge >= 0.3 is 5.97 Å². The second-order valence-corrected chi connectivity index (χ2v) is 13.2. The Morgan fingerprint density at radius 2 is 1.74 bits per heavy atom. The first-order valence-electron chi connectivity index (χ1n) is 12.7. The molecule has 228 valence electrons. The van der Waals surface area contributed by atoms with E-state index in [2.05, 4.69) is 9.97 Å². The molecular formula is C29H27ClF3N3O5S2. The number of thioether (sulfide) groups is 1. The van der Waals surface area contributed by atoms with Crippen molar-refractivity contribution in [2.24, 2.45) is 0 Å². The highest BCUT2D eigenvalue weighted by Gasteiger charge is 2.31. The first-order chi connectivity index (χ1) is 20.1. The van der Waals surface area contributed by atoms with Crippen molar-refractivity contribution in [2.75, 3.05) is 7.11 Å². The Kier molecular flexibility index (Phi) is 9.50. The number of halogens is 4. The van der Waals surface area contributed by atoms with Gasteiger partial charge in [-0.1, -0.05) is 43.3 Å². The number of nitrogens with zero attached hydrogens (tertiary/aromatic N) is 1. The molecule has 0 bridgehead atoms. The van der Waals surface area contributed by atoms with Crippen molar-refractivity contribution >= 4 is 39.4 Å². The molecule has 0 aliphatic carbocycles. The van der Waals surface area contributed by atoms with Crippen LogP contribution in [0, 0.1) is 17.5 Å². The van der Waals surface area contributed by atoms with Crippen LogP contribution in [0.4, 0.5) is 13.2 Å². The third kappa shape index (κ3) is 7.01. The van der Waals surface area contributed by atoms with E-state index < -0.39 is 55.4 Å². The number of rotatable bonds is 11. The van der Waals surface area contributed by atoms with Crippen LogP contribution < -0.4 is 9.46 Å². The molecule has 14 heteroatoms. The maximum Gasteiger partial charge on any atom is 0.321 e. The molecule has 43 heavy (non-hydrogen) atoms. The van der Waals surface area contributed by atoms with E-state index in [1.54, 1.807) is 24.3 Å². The van der Waals surface area contributed by atoms with Crippen LogP contribution in [0.5, 0.6) is 5.75 Å². The summed E-state index contributed by atoms with van der Waals surface area (Å²) >= 11 is 7.20. The van der Waals surface area contributed by atoms with Crippen molar-refractivity contribution in [2.45, 2.75) is 48.0 Å². The minimum atomic E-state index is -4.50. The quantitative estimate of drug-likeness (QED) is 0.158. The molecule has 4 rings (SSSR count). The van der Waals surface area contributed by atoms with Gasteiger partial charge in [-0.2, -0.15) is 4.72 Å². The number of carboxylic acid groups (broad SMARTS) is 1. The summed E-state index contributed by atoms with van der Waals surface area (Å²) in [7, 11) is -3.00. The van der Waals surface area contributed by atoms with Gasteiger partial charge in [-0.05, 0) is 61.0 Å². The van der Waals surface area contributed by atoms with Crippen molar-refractivity contribution in [1.82, 2.24) is 14.7 Å². The molecule has 1 unspecified atom stereocenters. The van der Waals surface area contributed by atoms with Gasteiger partial charge in [0.2, 0.25) is 10.0 Å². The summed E-state index contributed by atoms with van der Waals surface area (Å²) in [6.07, 6.45) is 0. The van der Waals surface area contributed by atoms with E-state index in [-0.39, 0.29) is 5.75 Å². The summed E-state index contributed by atoms with van der Waals surface area (Å²) in [5.74, 6) is -3.93. The maximum absolute atomic E-state index is 15.0. The fraction of sp³-hybridized carbons (Fsp3) is 0.241. The van der Waals surface area contributed by atoms with E-state index in [0.29, 0.717) is 45.0 Å². The molecule has 0 radical (unpaired) electrons. The Labute approximate surface area is 255 Å². The largest absolute Gasteiger partial charge is 0.495 e.